The maximum atomic E-state index is 9.31. The van der Waals surface area contributed by atoms with Crippen LogP contribution in [0.3, 0.4) is 0 Å². The summed E-state index contributed by atoms with van der Waals surface area (Å²) in [7, 11) is 2.12. The molecule has 1 aromatic heterocycles. The minimum Gasteiger partial charge on any atom is -0.366 e. The zero-order chi connectivity index (χ0) is 12.5. The number of anilines is 1. The van der Waals surface area contributed by atoms with Crippen LogP contribution < -0.4 is 5.32 Å². The molecule has 0 saturated carbocycles. The number of nitrogens with zero attached hydrogens (tertiary/aromatic N) is 2. The summed E-state index contributed by atoms with van der Waals surface area (Å²) >= 11 is 0. The van der Waals surface area contributed by atoms with Crippen LogP contribution in [0.25, 0.3) is 10.9 Å². The average Bonchev–Trinajstić information content (AvgIpc) is 2.92. The first-order valence-corrected chi connectivity index (χ1v) is 6.24. The lowest BCUT2D eigenvalue weighted by Crippen LogP contribution is -2.23. The highest BCUT2D eigenvalue weighted by atomic mass is 15.2. The molecule has 0 radical (unpaired) electrons. The van der Waals surface area contributed by atoms with Gasteiger partial charge in [0, 0.05) is 23.5 Å². The van der Waals surface area contributed by atoms with Gasteiger partial charge in [-0.15, -0.1) is 0 Å². The Bertz CT molecular complexity index is 608. The van der Waals surface area contributed by atoms with Gasteiger partial charge in [-0.25, -0.2) is 0 Å². The monoisotopic (exact) mass is 240 g/mol. The Kier molecular flexibility index (Phi) is 2.69. The molecule has 1 atom stereocenters. The van der Waals surface area contributed by atoms with E-state index in [1.165, 1.54) is 0 Å². The first kappa shape index (κ1) is 11.1. The number of aromatic nitrogens is 1. The molecule has 1 aromatic carbocycles. The second-order valence-corrected chi connectivity index (χ2v) is 4.92. The van der Waals surface area contributed by atoms with E-state index < -0.39 is 0 Å². The highest BCUT2D eigenvalue weighted by molar-refractivity contribution is 5.91. The molecule has 92 valence electrons. The summed E-state index contributed by atoms with van der Waals surface area (Å²) in [6.07, 6.45) is 1.12. The fourth-order valence-electron chi connectivity index (χ4n) is 2.62. The van der Waals surface area contributed by atoms with Crippen molar-refractivity contribution in [3.8, 4) is 6.07 Å². The van der Waals surface area contributed by atoms with Crippen LogP contribution in [0.2, 0.25) is 0 Å². The van der Waals surface area contributed by atoms with E-state index in [4.69, 9.17) is 0 Å². The molecule has 2 heterocycles. The fourth-order valence-corrected chi connectivity index (χ4v) is 2.62. The lowest BCUT2D eigenvalue weighted by Gasteiger charge is -2.12. The van der Waals surface area contributed by atoms with Crippen LogP contribution in [-0.4, -0.2) is 36.1 Å². The molecule has 18 heavy (non-hydrogen) atoms. The van der Waals surface area contributed by atoms with Gasteiger partial charge < -0.3 is 15.2 Å². The van der Waals surface area contributed by atoms with E-state index in [9.17, 15) is 5.26 Å². The third-order valence-corrected chi connectivity index (χ3v) is 3.56. The van der Waals surface area contributed by atoms with Crippen molar-refractivity contribution in [2.75, 3.05) is 25.5 Å². The lowest BCUT2D eigenvalue weighted by atomic mass is 10.2. The summed E-state index contributed by atoms with van der Waals surface area (Å²) < 4.78 is 0. The van der Waals surface area contributed by atoms with Crippen LogP contribution in [0.1, 0.15) is 12.0 Å². The molecule has 4 nitrogen and oxygen atoms in total. The number of nitriles is 1. The minimum atomic E-state index is 0.426. The quantitative estimate of drug-likeness (QED) is 0.845. The van der Waals surface area contributed by atoms with E-state index in [0.29, 0.717) is 6.04 Å². The van der Waals surface area contributed by atoms with Crippen molar-refractivity contribution in [1.82, 2.24) is 9.88 Å². The van der Waals surface area contributed by atoms with Gasteiger partial charge in [0.05, 0.1) is 0 Å². The summed E-state index contributed by atoms with van der Waals surface area (Å²) in [5.74, 6) is 0.860. The number of aromatic amines is 1. The maximum absolute atomic E-state index is 9.31. The van der Waals surface area contributed by atoms with E-state index in [2.05, 4.69) is 28.3 Å². The zero-order valence-electron chi connectivity index (χ0n) is 10.4. The second-order valence-electron chi connectivity index (χ2n) is 4.92. The first-order valence-electron chi connectivity index (χ1n) is 6.24. The van der Waals surface area contributed by atoms with Crippen molar-refractivity contribution in [2.24, 2.45) is 0 Å². The van der Waals surface area contributed by atoms with Crippen LogP contribution in [0.15, 0.2) is 24.3 Å². The number of fused-ring (bicyclic) bond motifs is 1. The van der Waals surface area contributed by atoms with E-state index in [-0.39, 0.29) is 0 Å². The molecule has 1 fully saturated rings. The van der Waals surface area contributed by atoms with Gasteiger partial charge in [0.25, 0.3) is 0 Å². The molecule has 0 amide bonds. The van der Waals surface area contributed by atoms with Crippen molar-refractivity contribution < 1.29 is 0 Å². The molecule has 1 aliphatic heterocycles. The smallest absolute Gasteiger partial charge is 0.122 e. The Morgan fingerprint density at radius 1 is 1.44 bits per heavy atom. The Hall–Kier alpha value is -1.99. The number of hydrogen-bond acceptors (Lipinski definition) is 3. The minimum absolute atomic E-state index is 0.426. The third-order valence-electron chi connectivity index (χ3n) is 3.56. The lowest BCUT2D eigenvalue weighted by molar-refractivity contribution is 0.414. The van der Waals surface area contributed by atoms with Crippen LogP contribution in [0, 0.1) is 11.3 Å². The molecule has 1 aliphatic rings. The number of nitrogens with one attached hydrogen (secondary N) is 2. The molecule has 2 N–H and O–H groups in total. The molecule has 3 rings (SSSR count). The fraction of sp³-hybridized carbons (Fsp3) is 0.357. The van der Waals surface area contributed by atoms with E-state index in [0.717, 1.165) is 41.8 Å². The predicted molar refractivity (Wildman–Crippen MR) is 72.5 cm³/mol. The summed E-state index contributed by atoms with van der Waals surface area (Å²) in [6.45, 7) is 2.14. The van der Waals surface area contributed by atoms with Crippen LogP contribution >= 0.6 is 0 Å². The summed E-state index contributed by atoms with van der Waals surface area (Å²) in [6, 6.07) is 10.6. The van der Waals surface area contributed by atoms with Gasteiger partial charge in [-0.1, -0.05) is 18.2 Å². The summed E-state index contributed by atoms with van der Waals surface area (Å²) in [4.78, 5) is 5.60. The van der Waals surface area contributed by atoms with Crippen LogP contribution in [0.4, 0.5) is 5.82 Å². The highest BCUT2D eigenvalue weighted by Crippen LogP contribution is 2.26. The van der Waals surface area contributed by atoms with Crippen molar-refractivity contribution in [1.29, 1.82) is 5.26 Å². The number of likely N-dealkylation sites (tertiary alicyclic amines) is 1. The largest absolute Gasteiger partial charge is 0.366 e. The van der Waals surface area contributed by atoms with Gasteiger partial charge in [0.15, 0.2) is 0 Å². The molecule has 1 saturated heterocycles. The van der Waals surface area contributed by atoms with E-state index in [1.807, 2.05) is 24.3 Å². The normalized spacial score (nSPS) is 20.1. The van der Waals surface area contributed by atoms with Crippen molar-refractivity contribution in [2.45, 2.75) is 12.5 Å². The third kappa shape index (κ3) is 1.83. The maximum Gasteiger partial charge on any atom is 0.122 e. The molecular weight excluding hydrogens is 224 g/mol. The van der Waals surface area contributed by atoms with Gasteiger partial charge in [0.2, 0.25) is 0 Å². The van der Waals surface area contributed by atoms with Crippen molar-refractivity contribution in [3.63, 3.8) is 0 Å². The molecular formula is C14H16N4. The van der Waals surface area contributed by atoms with Gasteiger partial charge in [-0.05, 0) is 26.1 Å². The Morgan fingerprint density at radius 2 is 2.28 bits per heavy atom. The average molecular weight is 240 g/mol. The SMILES string of the molecule is CN1CCC(Nc2[nH]c3ccccc3c2C#N)C1. The Balaban J connectivity index is 1.94. The van der Waals surface area contributed by atoms with E-state index >= 15 is 0 Å². The van der Waals surface area contributed by atoms with Gasteiger partial charge in [0.1, 0.15) is 17.5 Å². The van der Waals surface area contributed by atoms with Crippen LogP contribution in [0.5, 0.6) is 0 Å². The first-order chi connectivity index (χ1) is 8.78. The number of benzene rings is 1. The number of likely N-dealkylation sites (N-methyl/N-ethyl adjacent to an activating group) is 1. The standard InChI is InChI=1S/C14H16N4/c1-18-7-6-10(9-18)16-14-12(8-15)11-4-2-3-5-13(11)17-14/h2-5,10,16-17H,6-7,9H2,1H3. The Labute approximate surface area is 106 Å². The van der Waals surface area contributed by atoms with Gasteiger partial charge in [-0.2, -0.15) is 5.26 Å². The van der Waals surface area contributed by atoms with Gasteiger partial charge >= 0.3 is 0 Å². The summed E-state index contributed by atoms with van der Waals surface area (Å²) in [5, 5.41) is 13.8. The van der Waals surface area contributed by atoms with Gasteiger partial charge in [-0.3, -0.25) is 0 Å². The second kappa shape index (κ2) is 4.35. The molecule has 0 bridgehead atoms. The number of para-hydroxylation sites is 1. The number of hydrogen-bond donors (Lipinski definition) is 2. The highest BCUT2D eigenvalue weighted by Gasteiger charge is 2.21. The number of rotatable bonds is 2. The predicted octanol–water partition coefficient (Wildman–Crippen LogP) is 2.16. The van der Waals surface area contributed by atoms with Crippen molar-refractivity contribution in [3.05, 3.63) is 29.8 Å². The Morgan fingerprint density at radius 3 is 3.00 bits per heavy atom. The molecule has 0 spiro atoms. The topological polar surface area (TPSA) is 54.8 Å². The van der Waals surface area contributed by atoms with Crippen LogP contribution in [-0.2, 0) is 0 Å². The van der Waals surface area contributed by atoms with E-state index in [1.54, 1.807) is 0 Å². The molecule has 2 aromatic rings. The number of H-pyrrole nitrogens is 1. The molecule has 0 aliphatic carbocycles. The molecule has 1 unspecified atom stereocenters. The van der Waals surface area contributed by atoms with Crippen molar-refractivity contribution >= 4 is 16.7 Å². The zero-order valence-corrected chi connectivity index (χ0v) is 10.4. The summed E-state index contributed by atoms with van der Waals surface area (Å²) in [5.41, 5.74) is 1.74. The molecule has 4 heteroatoms.